The molecule has 0 amide bonds. The van der Waals surface area contributed by atoms with Gasteiger partial charge in [-0.2, -0.15) is 0 Å². The van der Waals surface area contributed by atoms with Crippen LogP contribution in [0.3, 0.4) is 0 Å². The van der Waals surface area contributed by atoms with E-state index < -0.39 is 16.1 Å². The monoisotopic (exact) mass is 233 g/mol. The van der Waals surface area contributed by atoms with Gasteiger partial charge in [0.2, 0.25) is 0 Å². The highest BCUT2D eigenvalue weighted by Crippen LogP contribution is 2.37. The van der Waals surface area contributed by atoms with Gasteiger partial charge in [-0.05, 0) is 23.6 Å². The Balaban J connectivity index is 4.58. The minimum absolute atomic E-state index is 0.530. The van der Waals surface area contributed by atoms with Crippen molar-refractivity contribution in [2.75, 3.05) is 6.61 Å². The molecule has 0 aliphatic carbocycles. The van der Waals surface area contributed by atoms with E-state index in [1.165, 1.54) is 0 Å². The van der Waals surface area contributed by atoms with Gasteiger partial charge < -0.3 is 0 Å². The topological polar surface area (TPSA) is 26.3 Å². The quantitative estimate of drug-likeness (QED) is 0.504. The largest absolute Gasteiger partial charge is 0.543 e. The van der Waals surface area contributed by atoms with Crippen molar-refractivity contribution < 1.29 is 9.09 Å². The van der Waals surface area contributed by atoms with Crippen molar-refractivity contribution in [3.63, 3.8) is 0 Å². The van der Waals surface area contributed by atoms with E-state index in [0.717, 1.165) is 18.2 Å². The summed E-state index contributed by atoms with van der Waals surface area (Å²) in [6.07, 6.45) is 1.93. The molecule has 0 saturated carbocycles. The molecular weight excluding hydrogens is 211 g/mol. The molecule has 0 bridgehead atoms. The fourth-order valence-corrected chi connectivity index (χ4v) is 4.71. The average molecular weight is 233 g/mol. The van der Waals surface area contributed by atoms with E-state index in [0.29, 0.717) is 6.61 Å². The summed E-state index contributed by atoms with van der Waals surface area (Å²) in [6.45, 7) is 11.3. The number of hydrogen-bond acceptors (Lipinski definition) is 2. The van der Waals surface area contributed by atoms with Crippen LogP contribution in [0.2, 0.25) is 19.6 Å². The number of rotatable bonds is 6. The molecule has 1 unspecified atom stereocenters. The van der Waals surface area contributed by atoms with Crippen LogP contribution in [0.15, 0.2) is 11.0 Å². The fraction of sp³-hybridized carbons (Fsp3) is 0.800. The highest BCUT2D eigenvalue weighted by atomic mass is 31.1. The molecule has 0 heterocycles. The standard InChI is InChI=1S/C10H22O2PSi/c1-6-8-10(9-14(3,4)5)13(11)12-7-2/h9H,6-8H2,1-5H3/q+1/b10-9+. The van der Waals surface area contributed by atoms with Crippen LogP contribution in [0.1, 0.15) is 26.7 Å². The van der Waals surface area contributed by atoms with Crippen LogP contribution in [0.25, 0.3) is 0 Å². The fourth-order valence-electron chi connectivity index (χ4n) is 1.17. The summed E-state index contributed by atoms with van der Waals surface area (Å²) in [5.41, 5.74) is 2.21. The Morgan fingerprint density at radius 2 is 1.93 bits per heavy atom. The van der Waals surface area contributed by atoms with Crippen LogP contribution in [0.4, 0.5) is 0 Å². The maximum absolute atomic E-state index is 11.7. The second-order valence-electron chi connectivity index (χ2n) is 4.43. The Morgan fingerprint density at radius 3 is 2.29 bits per heavy atom. The second kappa shape index (κ2) is 6.49. The zero-order chi connectivity index (χ0) is 11.2. The van der Waals surface area contributed by atoms with Gasteiger partial charge in [0.15, 0.2) is 5.31 Å². The Bertz CT molecular complexity index is 219. The molecule has 0 aromatic rings. The maximum atomic E-state index is 11.7. The van der Waals surface area contributed by atoms with Gasteiger partial charge in [-0.25, -0.2) is 0 Å². The zero-order valence-electron chi connectivity index (χ0n) is 9.96. The molecule has 0 aromatic carbocycles. The van der Waals surface area contributed by atoms with Crippen LogP contribution in [-0.4, -0.2) is 14.7 Å². The third-order valence-corrected chi connectivity index (χ3v) is 4.36. The van der Waals surface area contributed by atoms with E-state index in [2.05, 4.69) is 32.3 Å². The van der Waals surface area contributed by atoms with Crippen LogP contribution in [0.5, 0.6) is 0 Å². The molecule has 0 aliphatic heterocycles. The summed E-state index contributed by atoms with van der Waals surface area (Å²) in [5.74, 6) is 0. The number of allylic oxidation sites excluding steroid dienone is 1. The molecule has 0 fully saturated rings. The summed E-state index contributed by atoms with van der Waals surface area (Å²) in [4.78, 5) is 0. The smallest absolute Gasteiger partial charge is 0.142 e. The van der Waals surface area contributed by atoms with Gasteiger partial charge in [0.1, 0.15) is 6.61 Å². The maximum Gasteiger partial charge on any atom is 0.543 e. The first-order chi connectivity index (χ1) is 6.40. The van der Waals surface area contributed by atoms with Crippen LogP contribution < -0.4 is 0 Å². The number of hydrogen-bond donors (Lipinski definition) is 0. The molecule has 0 saturated heterocycles. The predicted octanol–water partition coefficient (Wildman–Crippen LogP) is 4.33. The zero-order valence-corrected chi connectivity index (χ0v) is 11.9. The first-order valence-electron chi connectivity index (χ1n) is 5.22. The lowest BCUT2D eigenvalue weighted by atomic mass is 10.3. The van der Waals surface area contributed by atoms with Crippen molar-refractivity contribution in [2.24, 2.45) is 0 Å². The summed E-state index contributed by atoms with van der Waals surface area (Å²) in [6, 6.07) is 0. The molecule has 82 valence electrons. The lowest BCUT2D eigenvalue weighted by Gasteiger charge is -2.08. The van der Waals surface area contributed by atoms with Gasteiger partial charge in [-0.15, -0.1) is 4.52 Å². The molecule has 2 nitrogen and oxygen atoms in total. The normalized spacial score (nSPS) is 14.4. The average Bonchev–Trinajstić information content (AvgIpc) is 2.01. The first kappa shape index (κ1) is 14.0. The predicted molar refractivity (Wildman–Crippen MR) is 65.6 cm³/mol. The molecule has 4 heteroatoms. The summed E-state index contributed by atoms with van der Waals surface area (Å²) in [7, 11) is -2.84. The molecule has 0 rings (SSSR count). The van der Waals surface area contributed by atoms with Crippen molar-refractivity contribution in [1.82, 2.24) is 0 Å². The Labute approximate surface area is 89.6 Å². The SMILES string of the molecule is CCC/C(=C\[Si](C)(C)C)[P+](=O)OCC. The molecule has 0 N–H and O–H groups in total. The Morgan fingerprint density at radius 1 is 1.36 bits per heavy atom. The van der Waals surface area contributed by atoms with Crippen LogP contribution >= 0.6 is 8.03 Å². The van der Waals surface area contributed by atoms with Crippen LogP contribution in [0, 0.1) is 0 Å². The van der Waals surface area contributed by atoms with Crippen molar-refractivity contribution in [1.29, 1.82) is 0 Å². The minimum Gasteiger partial charge on any atom is -0.142 e. The van der Waals surface area contributed by atoms with Crippen molar-refractivity contribution in [3.8, 4) is 0 Å². The summed E-state index contributed by atoms with van der Waals surface area (Å²) in [5, 5.41) is 1.02. The third kappa shape index (κ3) is 6.47. The van der Waals surface area contributed by atoms with Crippen molar-refractivity contribution in [3.05, 3.63) is 11.0 Å². The van der Waals surface area contributed by atoms with Gasteiger partial charge in [0.25, 0.3) is 0 Å². The molecule has 0 aliphatic rings. The molecule has 1 atom stereocenters. The van der Waals surface area contributed by atoms with E-state index in [9.17, 15) is 4.57 Å². The van der Waals surface area contributed by atoms with E-state index in [-0.39, 0.29) is 0 Å². The first-order valence-corrected chi connectivity index (χ1v) is 9.98. The van der Waals surface area contributed by atoms with Gasteiger partial charge in [0.05, 0.1) is 8.07 Å². The van der Waals surface area contributed by atoms with E-state index in [1.807, 2.05) is 6.92 Å². The Hall–Kier alpha value is 0.0169. The Kier molecular flexibility index (Phi) is 6.50. The highest BCUT2D eigenvalue weighted by molar-refractivity contribution is 7.44. The van der Waals surface area contributed by atoms with E-state index in [4.69, 9.17) is 4.52 Å². The molecule has 14 heavy (non-hydrogen) atoms. The molecule has 0 aromatic heterocycles. The molecule has 0 spiro atoms. The molecule has 0 radical (unpaired) electrons. The van der Waals surface area contributed by atoms with Crippen molar-refractivity contribution >= 4 is 16.1 Å². The summed E-state index contributed by atoms with van der Waals surface area (Å²) >= 11 is 0. The van der Waals surface area contributed by atoms with Gasteiger partial charge in [-0.1, -0.05) is 26.6 Å². The molecular formula is C10H22O2PSi+. The summed E-state index contributed by atoms with van der Waals surface area (Å²) < 4.78 is 16.9. The second-order valence-corrected chi connectivity index (χ2v) is 10.8. The minimum atomic E-state index is -1.57. The van der Waals surface area contributed by atoms with Gasteiger partial charge >= 0.3 is 8.03 Å². The van der Waals surface area contributed by atoms with Crippen molar-refractivity contribution in [2.45, 2.75) is 46.3 Å². The lowest BCUT2D eigenvalue weighted by molar-refractivity contribution is 0.354. The third-order valence-electron chi connectivity index (χ3n) is 1.59. The van der Waals surface area contributed by atoms with Crippen LogP contribution in [-0.2, 0) is 9.09 Å². The van der Waals surface area contributed by atoms with Gasteiger partial charge in [-0.3, -0.25) is 0 Å². The van der Waals surface area contributed by atoms with Gasteiger partial charge in [0, 0.05) is 6.42 Å². The highest BCUT2D eigenvalue weighted by Gasteiger charge is 2.27. The van der Waals surface area contributed by atoms with E-state index >= 15 is 0 Å². The van der Waals surface area contributed by atoms with E-state index in [1.54, 1.807) is 0 Å². The lowest BCUT2D eigenvalue weighted by Crippen LogP contribution is -2.16.